The summed E-state index contributed by atoms with van der Waals surface area (Å²) in [6.07, 6.45) is 1.14. The van der Waals surface area contributed by atoms with Gasteiger partial charge in [-0.3, -0.25) is 9.79 Å². The molecule has 0 saturated heterocycles. The number of guanidine groups is 1. The summed E-state index contributed by atoms with van der Waals surface area (Å²) < 4.78 is 0. The van der Waals surface area contributed by atoms with Crippen LogP contribution in [0.5, 0.6) is 0 Å². The van der Waals surface area contributed by atoms with Crippen LogP contribution in [0.15, 0.2) is 4.99 Å². The normalized spacial score (nSPS) is 12.1. The molecular formula is C7H16N4O2. The molecule has 6 nitrogen and oxygen atoms in total. The molecule has 0 radical (unpaired) electrons. The number of carbonyl (C=O) groups is 1. The number of carboxylic acid groups (broad SMARTS) is 1. The van der Waals surface area contributed by atoms with E-state index in [0.717, 1.165) is 0 Å². The maximum Gasteiger partial charge on any atom is 0.303 e. The van der Waals surface area contributed by atoms with E-state index in [4.69, 9.17) is 22.3 Å². The summed E-state index contributed by atoms with van der Waals surface area (Å²) in [6, 6.07) is -0.154. The maximum absolute atomic E-state index is 10.2. The van der Waals surface area contributed by atoms with E-state index < -0.39 is 5.97 Å². The first-order chi connectivity index (χ1) is 6.02. The second kappa shape index (κ2) is 6.24. The molecule has 0 bridgehead atoms. The Bertz CT molecular complexity index is 189. The van der Waals surface area contributed by atoms with Gasteiger partial charge in [-0.2, -0.15) is 0 Å². The van der Waals surface area contributed by atoms with Gasteiger partial charge in [0.2, 0.25) is 0 Å². The number of rotatable bonds is 6. The number of nitrogens with zero attached hydrogens (tertiary/aromatic N) is 1. The Morgan fingerprint density at radius 3 is 2.46 bits per heavy atom. The van der Waals surface area contributed by atoms with Crippen molar-refractivity contribution in [3.63, 3.8) is 0 Å². The fourth-order valence-electron chi connectivity index (χ4n) is 0.813. The van der Waals surface area contributed by atoms with Crippen molar-refractivity contribution < 1.29 is 9.90 Å². The average molecular weight is 188 g/mol. The molecule has 7 N–H and O–H groups in total. The standard InChI is InChI=1S/C7H16N4O2/c8-5(1-2-6(12)13)3-4-11-7(9)10/h5H,1-4,8H2,(H,12,13)(H4,9,10,11). The smallest absolute Gasteiger partial charge is 0.303 e. The van der Waals surface area contributed by atoms with Crippen molar-refractivity contribution in [3.8, 4) is 0 Å². The number of nitrogens with two attached hydrogens (primary N) is 3. The first kappa shape index (κ1) is 11.7. The van der Waals surface area contributed by atoms with Gasteiger partial charge in [0.25, 0.3) is 0 Å². The Morgan fingerprint density at radius 2 is 2.00 bits per heavy atom. The van der Waals surface area contributed by atoms with Crippen LogP contribution >= 0.6 is 0 Å². The average Bonchev–Trinajstić information content (AvgIpc) is 2.00. The fraction of sp³-hybridized carbons (Fsp3) is 0.714. The van der Waals surface area contributed by atoms with Gasteiger partial charge < -0.3 is 22.3 Å². The minimum absolute atomic E-state index is 0.0328. The number of hydrogen-bond acceptors (Lipinski definition) is 3. The third kappa shape index (κ3) is 8.61. The molecule has 76 valence electrons. The first-order valence-corrected chi connectivity index (χ1v) is 4.05. The van der Waals surface area contributed by atoms with Gasteiger partial charge in [-0.15, -0.1) is 0 Å². The third-order valence-corrected chi connectivity index (χ3v) is 1.52. The molecule has 0 aliphatic carbocycles. The summed E-state index contributed by atoms with van der Waals surface area (Å²) in [5, 5.41) is 8.35. The molecule has 0 spiro atoms. The Kier molecular flexibility index (Phi) is 5.62. The van der Waals surface area contributed by atoms with Crippen molar-refractivity contribution in [1.29, 1.82) is 0 Å². The van der Waals surface area contributed by atoms with Crippen molar-refractivity contribution in [1.82, 2.24) is 0 Å². The highest BCUT2D eigenvalue weighted by Crippen LogP contribution is 1.98. The molecule has 0 heterocycles. The van der Waals surface area contributed by atoms with E-state index in [0.29, 0.717) is 19.4 Å². The summed E-state index contributed by atoms with van der Waals surface area (Å²) in [6.45, 7) is 0.448. The Hall–Kier alpha value is -1.30. The predicted molar refractivity (Wildman–Crippen MR) is 50.1 cm³/mol. The molecule has 6 heteroatoms. The number of hydrogen-bond donors (Lipinski definition) is 4. The topological polar surface area (TPSA) is 128 Å². The van der Waals surface area contributed by atoms with Crippen LogP contribution in [0.4, 0.5) is 0 Å². The van der Waals surface area contributed by atoms with Crippen molar-refractivity contribution in [2.75, 3.05) is 6.54 Å². The molecule has 13 heavy (non-hydrogen) atoms. The van der Waals surface area contributed by atoms with E-state index in [1.807, 2.05) is 0 Å². The third-order valence-electron chi connectivity index (χ3n) is 1.52. The van der Waals surface area contributed by atoms with E-state index in [9.17, 15) is 4.79 Å². The van der Waals surface area contributed by atoms with Crippen LogP contribution in [0.25, 0.3) is 0 Å². The lowest BCUT2D eigenvalue weighted by Crippen LogP contribution is -2.25. The molecule has 0 rings (SSSR count). The summed E-state index contributed by atoms with van der Waals surface area (Å²) >= 11 is 0. The van der Waals surface area contributed by atoms with Gasteiger partial charge in [-0.1, -0.05) is 0 Å². The number of aliphatic carboxylic acids is 1. The van der Waals surface area contributed by atoms with Gasteiger partial charge in [0.15, 0.2) is 5.96 Å². The lowest BCUT2D eigenvalue weighted by molar-refractivity contribution is -0.137. The monoisotopic (exact) mass is 188 g/mol. The molecule has 0 aromatic rings. The van der Waals surface area contributed by atoms with Crippen LogP contribution in [0.2, 0.25) is 0 Å². The van der Waals surface area contributed by atoms with Crippen LogP contribution in [0.3, 0.4) is 0 Å². The highest BCUT2D eigenvalue weighted by Gasteiger charge is 2.04. The van der Waals surface area contributed by atoms with E-state index in [1.165, 1.54) is 0 Å². The first-order valence-electron chi connectivity index (χ1n) is 4.05. The molecule has 0 aromatic heterocycles. The molecule has 1 unspecified atom stereocenters. The molecule has 1 atom stereocenters. The van der Waals surface area contributed by atoms with E-state index in [1.54, 1.807) is 0 Å². The predicted octanol–water partition coefficient (Wildman–Crippen LogP) is -1.16. The molecular weight excluding hydrogens is 172 g/mol. The largest absolute Gasteiger partial charge is 0.481 e. The summed E-state index contributed by atoms with van der Waals surface area (Å²) in [7, 11) is 0. The van der Waals surface area contributed by atoms with Crippen molar-refractivity contribution in [3.05, 3.63) is 0 Å². The zero-order valence-electron chi connectivity index (χ0n) is 7.44. The van der Waals surface area contributed by atoms with Gasteiger partial charge >= 0.3 is 5.97 Å². The highest BCUT2D eigenvalue weighted by molar-refractivity contribution is 5.75. The van der Waals surface area contributed by atoms with Crippen LogP contribution in [-0.2, 0) is 4.79 Å². The van der Waals surface area contributed by atoms with Gasteiger partial charge in [0.1, 0.15) is 0 Å². The van der Waals surface area contributed by atoms with E-state index >= 15 is 0 Å². The zero-order valence-corrected chi connectivity index (χ0v) is 7.44. The van der Waals surface area contributed by atoms with Crippen molar-refractivity contribution in [2.45, 2.75) is 25.3 Å². The summed E-state index contributed by atoms with van der Waals surface area (Å²) in [4.78, 5) is 13.9. The maximum atomic E-state index is 10.2. The van der Waals surface area contributed by atoms with Crippen molar-refractivity contribution >= 4 is 11.9 Å². The summed E-state index contributed by atoms with van der Waals surface area (Å²) in [5.41, 5.74) is 15.8. The minimum Gasteiger partial charge on any atom is -0.481 e. The van der Waals surface area contributed by atoms with Gasteiger partial charge in [0, 0.05) is 19.0 Å². The van der Waals surface area contributed by atoms with Crippen LogP contribution in [-0.4, -0.2) is 29.6 Å². The SMILES string of the molecule is NC(N)=NCCC(N)CCC(=O)O. The fourth-order valence-corrected chi connectivity index (χ4v) is 0.813. The second-order valence-electron chi connectivity index (χ2n) is 2.79. The van der Waals surface area contributed by atoms with Crippen LogP contribution in [0.1, 0.15) is 19.3 Å². The van der Waals surface area contributed by atoms with Crippen LogP contribution < -0.4 is 17.2 Å². The van der Waals surface area contributed by atoms with Crippen LogP contribution in [0, 0.1) is 0 Å². The molecule has 0 aromatic carbocycles. The molecule has 0 aliphatic rings. The number of aliphatic imine (C=N–C) groups is 1. The Balaban J connectivity index is 3.46. The highest BCUT2D eigenvalue weighted by atomic mass is 16.4. The van der Waals surface area contributed by atoms with Gasteiger partial charge in [-0.05, 0) is 12.8 Å². The lowest BCUT2D eigenvalue weighted by atomic mass is 10.1. The Labute approximate surface area is 76.8 Å². The molecule has 0 saturated carbocycles. The zero-order chi connectivity index (χ0) is 10.3. The quantitative estimate of drug-likeness (QED) is 0.309. The molecule has 0 aliphatic heterocycles. The minimum atomic E-state index is -0.836. The van der Waals surface area contributed by atoms with E-state index in [2.05, 4.69) is 4.99 Å². The van der Waals surface area contributed by atoms with Gasteiger partial charge in [0.05, 0.1) is 0 Å². The lowest BCUT2D eigenvalue weighted by Gasteiger charge is -2.07. The number of carboxylic acids is 1. The van der Waals surface area contributed by atoms with Crippen molar-refractivity contribution in [2.24, 2.45) is 22.2 Å². The molecule has 0 fully saturated rings. The van der Waals surface area contributed by atoms with Gasteiger partial charge in [-0.25, -0.2) is 0 Å². The summed E-state index contributed by atoms with van der Waals surface area (Å²) in [5.74, 6) is -0.803. The second-order valence-corrected chi connectivity index (χ2v) is 2.79. The molecule has 0 amide bonds. The van der Waals surface area contributed by atoms with E-state index in [-0.39, 0.29) is 18.4 Å². The Morgan fingerprint density at radius 1 is 1.38 bits per heavy atom.